The molecule has 0 unspecified atom stereocenters. The van der Waals surface area contributed by atoms with E-state index in [-0.39, 0.29) is 0 Å². The van der Waals surface area contributed by atoms with Gasteiger partial charge in [-0.05, 0) is 74.2 Å². The van der Waals surface area contributed by atoms with Crippen LogP contribution in [0.15, 0.2) is 30.3 Å². The number of benzene rings is 1. The molecule has 4 saturated carbocycles. The van der Waals surface area contributed by atoms with Gasteiger partial charge in [-0.3, -0.25) is 0 Å². The lowest BCUT2D eigenvalue weighted by atomic mass is 9.80. The molecule has 4 aliphatic carbocycles. The molecule has 0 aromatic heterocycles. The summed E-state index contributed by atoms with van der Waals surface area (Å²) in [6.07, 6.45) is 7.00. The molecule has 5 rings (SSSR count). The molecule has 2 nitrogen and oxygen atoms in total. The minimum absolute atomic E-state index is 0.326. The lowest BCUT2D eigenvalue weighted by Gasteiger charge is -2.35. The summed E-state index contributed by atoms with van der Waals surface area (Å²) in [6.45, 7) is 0. The van der Waals surface area contributed by atoms with Crippen LogP contribution in [-0.2, 0) is 0 Å². The van der Waals surface area contributed by atoms with E-state index >= 15 is 0 Å². The average molecular weight is 272 g/mol. The summed E-state index contributed by atoms with van der Waals surface area (Å²) >= 11 is 5.52. The first kappa shape index (κ1) is 11.7. The Bertz CT molecular complexity index is 485. The summed E-state index contributed by atoms with van der Waals surface area (Å²) in [6, 6.07) is 10.2. The molecule has 0 amide bonds. The van der Waals surface area contributed by atoms with Crippen LogP contribution in [0.5, 0.6) is 0 Å². The van der Waals surface area contributed by atoms with Crippen molar-refractivity contribution in [2.75, 3.05) is 5.32 Å². The van der Waals surface area contributed by atoms with Crippen LogP contribution < -0.4 is 10.6 Å². The van der Waals surface area contributed by atoms with Gasteiger partial charge in [0.25, 0.3) is 0 Å². The maximum absolute atomic E-state index is 5.52. The van der Waals surface area contributed by atoms with Crippen LogP contribution in [0, 0.1) is 17.8 Å². The number of thiocarbonyl (C=S) groups is 1. The molecular formula is C16H20N2S. The van der Waals surface area contributed by atoms with Crippen molar-refractivity contribution in [3.63, 3.8) is 0 Å². The molecule has 2 N–H and O–H groups in total. The van der Waals surface area contributed by atoms with E-state index in [0.29, 0.717) is 5.54 Å². The summed E-state index contributed by atoms with van der Waals surface area (Å²) in [4.78, 5) is 0. The molecule has 1 aromatic rings. The van der Waals surface area contributed by atoms with Crippen molar-refractivity contribution >= 4 is 23.0 Å². The second kappa shape index (κ2) is 4.20. The minimum Gasteiger partial charge on any atom is -0.357 e. The maximum atomic E-state index is 5.52. The summed E-state index contributed by atoms with van der Waals surface area (Å²) in [5.41, 5.74) is 1.40. The second-order valence-corrected chi connectivity index (χ2v) is 7.05. The van der Waals surface area contributed by atoms with E-state index < -0.39 is 0 Å². The van der Waals surface area contributed by atoms with Crippen molar-refractivity contribution in [3.05, 3.63) is 30.3 Å². The normalized spacial score (nSPS) is 38.4. The number of nitrogens with one attached hydrogen (secondary N) is 2. The third-order valence-electron chi connectivity index (χ3n) is 5.38. The summed E-state index contributed by atoms with van der Waals surface area (Å²) < 4.78 is 0. The van der Waals surface area contributed by atoms with Gasteiger partial charge in [-0.25, -0.2) is 0 Å². The lowest BCUT2D eigenvalue weighted by molar-refractivity contribution is 0.256. The topological polar surface area (TPSA) is 24.1 Å². The Morgan fingerprint density at radius 2 is 1.74 bits per heavy atom. The zero-order valence-corrected chi connectivity index (χ0v) is 11.9. The Balaban J connectivity index is 1.46. The molecule has 0 aliphatic heterocycles. The third-order valence-corrected chi connectivity index (χ3v) is 5.59. The molecule has 19 heavy (non-hydrogen) atoms. The van der Waals surface area contributed by atoms with Gasteiger partial charge in [0, 0.05) is 11.2 Å². The number of hydrogen-bond donors (Lipinski definition) is 2. The van der Waals surface area contributed by atoms with Crippen molar-refractivity contribution in [3.8, 4) is 0 Å². The molecule has 2 atom stereocenters. The van der Waals surface area contributed by atoms with E-state index in [2.05, 4.69) is 22.8 Å². The van der Waals surface area contributed by atoms with Gasteiger partial charge in [0.05, 0.1) is 0 Å². The predicted octanol–water partition coefficient (Wildman–Crippen LogP) is 3.55. The van der Waals surface area contributed by atoms with Gasteiger partial charge in [-0.2, -0.15) is 0 Å². The summed E-state index contributed by atoms with van der Waals surface area (Å²) in [5.74, 6) is 2.79. The smallest absolute Gasteiger partial charge is 0.171 e. The minimum atomic E-state index is 0.326. The van der Waals surface area contributed by atoms with Crippen molar-refractivity contribution < 1.29 is 0 Å². The van der Waals surface area contributed by atoms with E-state index in [0.717, 1.165) is 28.6 Å². The quantitative estimate of drug-likeness (QED) is 0.805. The first-order valence-electron chi connectivity index (χ1n) is 7.38. The van der Waals surface area contributed by atoms with Crippen LogP contribution in [0.3, 0.4) is 0 Å². The molecule has 4 aliphatic rings. The van der Waals surface area contributed by atoms with E-state index in [4.69, 9.17) is 12.2 Å². The number of hydrogen-bond acceptors (Lipinski definition) is 1. The second-order valence-electron chi connectivity index (χ2n) is 6.65. The van der Waals surface area contributed by atoms with E-state index in [1.165, 1.54) is 32.1 Å². The van der Waals surface area contributed by atoms with Gasteiger partial charge in [0.2, 0.25) is 0 Å². The Morgan fingerprint density at radius 3 is 2.42 bits per heavy atom. The average Bonchev–Trinajstić information content (AvgIpc) is 2.74. The van der Waals surface area contributed by atoms with Crippen LogP contribution in [0.2, 0.25) is 0 Å². The Hall–Kier alpha value is -1.09. The first-order valence-corrected chi connectivity index (χ1v) is 7.78. The van der Waals surface area contributed by atoms with Crippen LogP contribution in [-0.4, -0.2) is 10.7 Å². The summed E-state index contributed by atoms with van der Waals surface area (Å²) in [5, 5.41) is 7.82. The molecule has 100 valence electrons. The maximum Gasteiger partial charge on any atom is 0.171 e. The van der Waals surface area contributed by atoms with E-state index in [1.54, 1.807) is 0 Å². The third kappa shape index (κ3) is 1.95. The summed E-state index contributed by atoms with van der Waals surface area (Å²) in [7, 11) is 0. The van der Waals surface area contributed by atoms with Gasteiger partial charge in [0.1, 0.15) is 0 Å². The van der Waals surface area contributed by atoms with Crippen molar-refractivity contribution in [2.45, 2.75) is 37.6 Å². The standard InChI is InChI=1S/C16H20N2S/c19-15(17-14-4-2-1-3-5-14)18-16-9-11-6-12(10-16)8-13(16)7-11/h1-5,11-13H,6-10H2,(H2,17,18,19)/t11-,12-,13?,16?/m1/s1. The fourth-order valence-electron chi connectivity index (χ4n) is 4.91. The van der Waals surface area contributed by atoms with Crippen molar-refractivity contribution in [1.82, 2.24) is 5.32 Å². The SMILES string of the molecule is S=C(Nc1ccccc1)NC12C[C@H]3CC1C[C@@H](C3)C2. The molecule has 0 spiro atoms. The molecule has 4 fully saturated rings. The van der Waals surface area contributed by atoms with Crippen molar-refractivity contribution in [1.29, 1.82) is 0 Å². The van der Waals surface area contributed by atoms with E-state index in [1.807, 2.05) is 18.2 Å². The Kier molecular flexibility index (Phi) is 2.59. The first-order chi connectivity index (χ1) is 9.23. The van der Waals surface area contributed by atoms with Crippen LogP contribution >= 0.6 is 12.2 Å². The van der Waals surface area contributed by atoms with Crippen LogP contribution in [0.25, 0.3) is 0 Å². The van der Waals surface area contributed by atoms with Crippen LogP contribution in [0.4, 0.5) is 5.69 Å². The van der Waals surface area contributed by atoms with Gasteiger partial charge >= 0.3 is 0 Å². The van der Waals surface area contributed by atoms with Crippen LogP contribution in [0.1, 0.15) is 32.1 Å². The van der Waals surface area contributed by atoms with E-state index in [9.17, 15) is 0 Å². The number of anilines is 1. The molecule has 3 heteroatoms. The monoisotopic (exact) mass is 272 g/mol. The van der Waals surface area contributed by atoms with Gasteiger partial charge < -0.3 is 10.6 Å². The van der Waals surface area contributed by atoms with Crippen molar-refractivity contribution in [2.24, 2.45) is 17.8 Å². The van der Waals surface area contributed by atoms with Gasteiger partial charge in [-0.15, -0.1) is 0 Å². The fraction of sp³-hybridized carbons (Fsp3) is 0.562. The Labute approximate surface area is 120 Å². The lowest BCUT2D eigenvalue weighted by Crippen LogP contribution is -2.50. The highest BCUT2D eigenvalue weighted by molar-refractivity contribution is 7.80. The molecular weight excluding hydrogens is 252 g/mol. The van der Waals surface area contributed by atoms with Gasteiger partial charge in [0.15, 0.2) is 5.11 Å². The highest BCUT2D eigenvalue weighted by atomic mass is 32.1. The molecule has 0 radical (unpaired) electrons. The fourth-order valence-corrected chi connectivity index (χ4v) is 5.23. The predicted molar refractivity (Wildman–Crippen MR) is 82.1 cm³/mol. The van der Waals surface area contributed by atoms with Gasteiger partial charge in [-0.1, -0.05) is 18.2 Å². The zero-order chi connectivity index (χ0) is 12.9. The highest BCUT2D eigenvalue weighted by Gasteiger charge is 2.57. The number of para-hydroxylation sites is 1. The molecule has 1 aromatic carbocycles. The zero-order valence-electron chi connectivity index (χ0n) is 11.1. The largest absolute Gasteiger partial charge is 0.357 e. The highest BCUT2D eigenvalue weighted by Crippen LogP contribution is 2.60. The molecule has 0 heterocycles. The number of rotatable bonds is 2. The Morgan fingerprint density at radius 1 is 1.05 bits per heavy atom. The molecule has 4 bridgehead atoms. The molecule has 0 saturated heterocycles.